The van der Waals surface area contributed by atoms with E-state index in [1.165, 1.54) is 5.56 Å². The Morgan fingerprint density at radius 1 is 0.955 bits per heavy atom. The van der Waals surface area contributed by atoms with Crippen LogP contribution in [-0.2, 0) is 0 Å². The van der Waals surface area contributed by atoms with Crippen LogP contribution in [0.15, 0.2) is 66.9 Å². The van der Waals surface area contributed by atoms with Crippen molar-refractivity contribution in [1.82, 2.24) is 9.97 Å². The van der Waals surface area contributed by atoms with E-state index in [0.717, 1.165) is 22.6 Å². The zero-order valence-corrected chi connectivity index (χ0v) is 12.6. The van der Waals surface area contributed by atoms with Crippen LogP contribution in [0.1, 0.15) is 22.9 Å². The molecule has 1 atom stereocenters. The molecule has 0 radical (unpaired) electrons. The van der Waals surface area contributed by atoms with Crippen molar-refractivity contribution in [2.75, 3.05) is 6.54 Å². The lowest BCUT2D eigenvalue weighted by Gasteiger charge is -2.15. The lowest BCUT2D eigenvalue weighted by atomic mass is 9.98. The molecular weight excluding hydrogens is 270 g/mol. The SMILES string of the molecule is Cc1ccccc1-c1ccnc(C(CN)c2ccccc2)n1. The summed E-state index contributed by atoms with van der Waals surface area (Å²) < 4.78 is 0. The predicted octanol–water partition coefficient (Wildman–Crippen LogP) is 3.54. The monoisotopic (exact) mass is 289 g/mol. The number of nitrogens with zero attached hydrogens (tertiary/aromatic N) is 2. The molecule has 1 aromatic heterocycles. The van der Waals surface area contributed by atoms with Crippen molar-refractivity contribution in [2.45, 2.75) is 12.8 Å². The summed E-state index contributed by atoms with van der Waals surface area (Å²) >= 11 is 0. The van der Waals surface area contributed by atoms with Crippen molar-refractivity contribution in [3.8, 4) is 11.3 Å². The van der Waals surface area contributed by atoms with E-state index in [4.69, 9.17) is 10.7 Å². The first kappa shape index (κ1) is 14.4. The molecule has 3 aromatic rings. The Morgan fingerprint density at radius 3 is 2.41 bits per heavy atom. The number of aromatic nitrogens is 2. The smallest absolute Gasteiger partial charge is 0.137 e. The van der Waals surface area contributed by atoms with E-state index in [2.05, 4.69) is 36.2 Å². The summed E-state index contributed by atoms with van der Waals surface area (Å²) in [6.07, 6.45) is 1.82. The Hall–Kier alpha value is -2.52. The summed E-state index contributed by atoms with van der Waals surface area (Å²) in [6.45, 7) is 2.58. The van der Waals surface area contributed by atoms with Crippen molar-refractivity contribution in [3.63, 3.8) is 0 Å². The first-order valence-electron chi connectivity index (χ1n) is 7.43. The van der Waals surface area contributed by atoms with Gasteiger partial charge in [-0.15, -0.1) is 0 Å². The Bertz CT molecular complexity index is 753. The number of benzene rings is 2. The van der Waals surface area contributed by atoms with Crippen LogP contribution in [0, 0.1) is 6.92 Å². The zero-order valence-electron chi connectivity index (χ0n) is 12.6. The summed E-state index contributed by atoms with van der Waals surface area (Å²) in [6, 6.07) is 20.4. The van der Waals surface area contributed by atoms with Crippen LogP contribution in [0.3, 0.4) is 0 Å². The Kier molecular flexibility index (Phi) is 4.26. The molecule has 0 bridgehead atoms. The van der Waals surface area contributed by atoms with Crippen molar-refractivity contribution in [1.29, 1.82) is 0 Å². The number of rotatable bonds is 4. The second-order valence-corrected chi connectivity index (χ2v) is 5.31. The van der Waals surface area contributed by atoms with Gasteiger partial charge in [0.1, 0.15) is 5.82 Å². The second kappa shape index (κ2) is 6.50. The van der Waals surface area contributed by atoms with Crippen molar-refractivity contribution < 1.29 is 0 Å². The molecule has 3 rings (SSSR count). The third-order valence-electron chi connectivity index (χ3n) is 3.84. The number of hydrogen-bond donors (Lipinski definition) is 1. The lowest BCUT2D eigenvalue weighted by molar-refractivity contribution is 0.751. The van der Waals surface area contributed by atoms with Gasteiger partial charge in [-0.05, 0) is 24.1 Å². The number of aryl methyl sites for hydroxylation is 1. The molecular formula is C19H19N3. The third-order valence-corrected chi connectivity index (χ3v) is 3.84. The highest BCUT2D eigenvalue weighted by molar-refractivity contribution is 5.63. The van der Waals surface area contributed by atoms with Gasteiger partial charge >= 0.3 is 0 Å². The molecule has 0 saturated carbocycles. The second-order valence-electron chi connectivity index (χ2n) is 5.31. The van der Waals surface area contributed by atoms with E-state index >= 15 is 0 Å². The van der Waals surface area contributed by atoms with Gasteiger partial charge in [-0.3, -0.25) is 0 Å². The average Bonchev–Trinajstić information content (AvgIpc) is 2.57. The van der Waals surface area contributed by atoms with E-state index < -0.39 is 0 Å². The minimum absolute atomic E-state index is 0.0187. The van der Waals surface area contributed by atoms with E-state index in [1.807, 2.05) is 42.6 Å². The molecule has 1 unspecified atom stereocenters. The van der Waals surface area contributed by atoms with Crippen LogP contribution in [0.5, 0.6) is 0 Å². The van der Waals surface area contributed by atoms with Gasteiger partial charge in [-0.1, -0.05) is 54.6 Å². The fraction of sp³-hybridized carbons (Fsp3) is 0.158. The van der Waals surface area contributed by atoms with Gasteiger partial charge in [-0.2, -0.15) is 0 Å². The molecule has 3 nitrogen and oxygen atoms in total. The topological polar surface area (TPSA) is 51.8 Å². The summed E-state index contributed by atoms with van der Waals surface area (Å²) in [4.78, 5) is 9.21. The quantitative estimate of drug-likeness (QED) is 0.799. The van der Waals surface area contributed by atoms with Crippen LogP contribution in [0.2, 0.25) is 0 Å². The largest absolute Gasteiger partial charge is 0.329 e. The van der Waals surface area contributed by atoms with Crippen LogP contribution < -0.4 is 5.73 Å². The van der Waals surface area contributed by atoms with Crippen LogP contribution in [-0.4, -0.2) is 16.5 Å². The van der Waals surface area contributed by atoms with E-state index in [-0.39, 0.29) is 5.92 Å². The standard InChI is InChI=1S/C19H19N3/c1-14-7-5-6-10-16(14)18-11-12-21-19(22-18)17(13-20)15-8-3-2-4-9-15/h2-12,17H,13,20H2,1H3. The molecule has 2 aromatic carbocycles. The normalized spacial score (nSPS) is 12.1. The Balaban J connectivity index is 2.02. The summed E-state index contributed by atoms with van der Waals surface area (Å²) in [5.41, 5.74) is 10.4. The number of hydrogen-bond acceptors (Lipinski definition) is 3. The van der Waals surface area contributed by atoms with Gasteiger partial charge in [-0.25, -0.2) is 9.97 Å². The fourth-order valence-electron chi connectivity index (χ4n) is 2.63. The molecule has 3 heteroatoms. The van der Waals surface area contributed by atoms with Crippen LogP contribution in [0.25, 0.3) is 11.3 Å². The highest BCUT2D eigenvalue weighted by Crippen LogP contribution is 2.25. The molecule has 0 fully saturated rings. The molecule has 0 saturated heterocycles. The average molecular weight is 289 g/mol. The summed E-state index contributed by atoms with van der Waals surface area (Å²) in [5, 5.41) is 0. The first-order chi connectivity index (χ1) is 10.8. The predicted molar refractivity (Wildman–Crippen MR) is 89.5 cm³/mol. The van der Waals surface area contributed by atoms with E-state index in [9.17, 15) is 0 Å². The molecule has 1 heterocycles. The minimum Gasteiger partial charge on any atom is -0.329 e. The molecule has 22 heavy (non-hydrogen) atoms. The van der Waals surface area contributed by atoms with Gasteiger partial charge in [0.2, 0.25) is 0 Å². The lowest BCUT2D eigenvalue weighted by Crippen LogP contribution is -2.16. The zero-order chi connectivity index (χ0) is 15.4. The summed E-state index contributed by atoms with van der Waals surface area (Å²) in [7, 11) is 0. The minimum atomic E-state index is 0.0187. The molecule has 0 amide bonds. The Labute approximate surface area is 130 Å². The van der Waals surface area contributed by atoms with Crippen LogP contribution >= 0.6 is 0 Å². The molecule has 0 spiro atoms. The van der Waals surface area contributed by atoms with Gasteiger partial charge in [0.15, 0.2) is 0 Å². The molecule has 110 valence electrons. The number of nitrogens with two attached hydrogens (primary N) is 1. The fourth-order valence-corrected chi connectivity index (χ4v) is 2.63. The van der Waals surface area contributed by atoms with Gasteiger partial charge < -0.3 is 5.73 Å². The van der Waals surface area contributed by atoms with Crippen molar-refractivity contribution >= 4 is 0 Å². The molecule has 0 aliphatic rings. The first-order valence-corrected chi connectivity index (χ1v) is 7.43. The maximum atomic E-state index is 5.98. The van der Waals surface area contributed by atoms with E-state index in [0.29, 0.717) is 6.54 Å². The molecule has 0 aliphatic heterocycles. The third kappa shape index (κ3) is 2.90. The summed E-state index contributed by atoms with van der Waals surface area (Å²) in [5.74, 6) is 0.791. The molecule has 2 N–H and O–H groups in total. The van der Waals surface area contributed by atoms with Crippen LogP contribution in [0.4, 0.5) is 0 Å². The van der Waals surface area contributed by atoms with Crippen molar-refractivity contribution in [3.05, 3.63) is 83.8 Å². The molecule has 0 aliphatic carbocycles. The van der Waals surface area contributed by atoms with Gasteiger partial charge in [0.05, 0.1) is 11.6 Å². The highest BCUT2D eigenvalue weighted by atomic mass is 14.9. The Morgan fingerprint density at radius 2 is 1.68 bits per heavy atom. The van der Waals surface area contributed by atoms with E-state index in [1.54, 1.807) is 0 Å². The maximum absolute atomic E-state index is 5.98. The van der Waals surface area contributed by atoms with Gasteiger partial charge in [0, 0.05) is 18.3 Å². The maximum Gasteiger partial charge on any atom is 0.137 e. The van der Waals surface area contributed by atoms with Crippen molar-refractivity contribution in [2.24, 2.45) is 5.73 Å². The highest BCUT2D eigenvalue weighted by Gasteiger charge is 2.16. The van der Waals surface area contributed by atoms with Gasteiger partial charge in [0.25, 0.3) is 0 Å².